The minimum Gasteiger partial charge on any atom is -0.494 e. The molecular weight excluding hydrogens is 328 g/mol. The van der Waals surface area contributed by atoms with Gasteiger partial charge in [0.1, 0.15) is 11.3 Å². The highest BCUT2D eigenvalue weighted by Gasteiger charge is 2.17. The summed E-state index contributed by atoms with van der Waals surface area (Å²) in [4.78, 5) is 25.0. The van der Waals surface area contributed by atoms with Crippen LogP contribution in [0.1, 0.15) is 16.3 Å². The van der Waals surface area contributed by atoms with Gasteiger partial charge in [-0.1, -0.05) is 17.4 Å². The zero-order chi connectivity index (χ0) is 16.7. The van der Waals surface area contributed by atoms with Crippen LogP contribution in [0.3, 0.4) is 0 Å². The standard InChI is InChI=1S/C15H12N6O2S/c1-8-6-7-16-14-18-12(20-21(8)14)13(22)19-15-17-11-9(23-2)4-3-5-10(11)24-15/h3-7H,1-2H3,(H,17,19,22). The number of hydrogen-bond acceptors (Lipinski definition) is 7. The number of para-hydroxylation sites is 1. The summed E-state index contributed by atoms with van der Waals surface area (Å²) in [5.41, 5.74) is 1.55. The van der Waals surface area contributed by atoms with Crippen molar-refractivity contribution in [3.05, 3.63) is 42.0 Å². The van der Waals surface area contributed by atoms with Gasteiger partial charge < -0.3 is 4.74 Å². The van der Waals surface area contributed by atoms with Crippen molar-refractivity contribution in [1.29, 1.82) is 0 Å². The Bertz CT molecular complexity index is 1070. The number of ether oxygens (including phenoxy) is 1. The van der Waals surface area contributed by atoms with E-state index in [2.05, 4.69) is 25.4 Å². The highest BCUT2D eigenvalue weighted by molar-refractivity contribution is 7.22. The van der Waals surface area contributed by atoms with Crippen LogP contribution < -0.4 is 10.1 Å². The zero-order valence-corrected chi connectivity index (χ0v) is 13.7. The molecule has 0 bridgehead atoms. The molecule has 1 amide bonds. The lowest BCUT2D eigenvalue weighted by Gasteiger charge is -1.98. The van der Waals surface area contributed by atoms with Gasteiger partial charge in [0.25, 0.3) is 11.7 Å². The van der Waals surface area contributed by atoms with Crippen molar-refractivity contribution in [1.82, 2.24) is 24.6 Å². The number of aryl methyl sites for hydroxylation is 1. The van der Waals surface area contributed by atoms with Crippen LogP contribution in [-0.4, -0.2) is 37.6 Å². The molecule has 3 aromatic heterocycles. The number of rotatable bonds is 3. The predicted molar refractivity (Wildman–Crippen MR) is 89.6 cm³/mol. The molecule has 0 aliphatic heterocycles. The summed E-state index contributed by atoms with van der Waals surface area (Å²) in [7, 11) is 1.59. The van der Waals surface area contributed by atoms with Crippen molar-refractivity contribution >= 4 is 38.4 Å². The highest BCUT2D eigenvalue weighted by Crippen LogP contribution is 2.32. The van der Waals surface area contributed by atoms with Gasteiger partial charge in [-0.3, -0.25) is 10.1 Å². The summed E-state index contributed by atoms with van der Waals surface area (Å²) in [5.74, 6) is 0.655. The molecule has 0 aliphatic rings. The average Bonchev–Trinajstić information content (AvgIpc) is 3.18. The fourth-order valence-corrected chi connectivity index (χ4v) is 3.18. The predicted octanol–water partition coefficient (Wildman–Crippen LogP) is 2.30. The Labute approximate surface area is 140 Å². The smallest absolute Gasteiger partial charge is 0.297 e. The van der Waals surface area contributed by atoms with E-state index in [1.165, 1.54) is 15.9 Å². The summed E-state index contributed by atoms with van der Waals surface area (Å²) < 4.78 is 7.72. The largest absolute Gasteiger partial charge is 0.494 e. The molecule has 24 heavy (non-hydrogen) atoms. The maximum atomic E-state index is 12.4. The number of carbonyl (C=O) groups excluding carboxylic acids is 1. The first-order valence-corrected chi connectivity index (χ1v) is 7.90. The van der Waals surface area contributed by atoms with Crippen molar-refractivity contribution in [3.8, 4) is 5.75 Å². The van der Waals surface area contributed by atoms with Crippen LogP contribution in [0, 0.1) is 6.92 Å². The zero-order valence-electron chi connectivity index (χ0n) is 12.8. The first-order valence-electron chi connectivity index (χ1n) is 7.09. The van der Waals surface area contributed by atoms with E-state index in [0.29, 0.717) is 22.2 Å². The number of aromatic nitrogens is 5. The van der Waals surface area contributed by atoms with E-state index >= 15 is 0 Å². The van der Waals surface area contributed by atoms with Gasteiger partial charge in [0.2, 0.25) is 5.82 Å². The van der Waals surface area contributed by atoms with Crippen molar-refractivity contribution in [2.75, 3.05) is 12.4 Å². The maximum absolute atomic E-state index is 12.4. The molecular formula is C15H12N6O2S. The SMILES string of the molecule is COc1cccc2sc(NC(=O)c3nc4nccc(C)n4n3)nc12. The Morgan fingerprint density at radius 1 is 1.29 bits per heavy atom. The second-order valence-corrected chi connectivity index (χ2v) is 6.04. The number of carbonyl (C=O) groups is 1. The number of hydrogen-bond donors (Lipinski definition) is 1. The summed E-state index contributed by atoms with van der Waals surface area (Å²) in [6, 6.07) is 7.42. The lowest BCUT2D eigenvalue weighted by molar-refractivity contribution is 0.101. The third-order valence-electron chi connectivity index (χ3n) is 3.46. The average molecular weight is 340 g/mol. The van der Waals surface area contributed by atoms with Crippen molar-refractivity contribution in [2.24, 2.45) is 0 Å². The molecule has 1 aromatic carbocycles. The van der Waals surface area contributed by atoms with E-state index in [1.54, 1.807) is 19.4 Å². The first kappa shape index (κ1) is 14.5. The Hall–Kier alpha value is -3.07. The molecule has 4 aromatic rings. The van der Waals surface area contributed by atoms with Crippen molar-refractivity contribution in [3.63, 3.8) is 0 Å². The van der Waals surface area contributed by atoms with Gasteiger partial charge >= 0.3 is 0 Å². The van der Waals surface area contributed by atoms with Gasteiger partial charge in [0, 0.05) is 11.9 Å². The van der Waals surface area contributed by atoms with E-state index in [4.69, 9.17) is 4.74 Å². The number of nitrogens with zero attached hydrogens (tertiary/aromatic N) is 5. The normalized spacial score (nSPS) is 11.1. The Balaban J connectivity index is 1.66. The van der Waals surface area contributed by atoms with Gasteiger partial charge in [-0.05, 0) is 25.1 Å². The minimum absolute atomic E-state index is 0.0445. The molecule has 0 saturated carbocycles. The van der Waals surface area contributed by atoms with Crippen LogP contribution in [0.5, 0.6) is 5.75 Å². The summed E-state index contributed by atoms with van der Waals surface area (Å²) in [6.07, 6.45) is 1.63. The molecule has 3 heterocycles. The highest BCUT2D eigenvalue weighted by atomic mass is 32.1. The molecule has 1 N–H and O–H groups in total. The number of anilines is 1. The molecule has 120 valence electrons. The maximum Gasteiger partial charge on any atom is 0.297 e. The van der Waals surface area contributed by atoms with Crippen LogP contribution in [0.2, 0.25) is 0 Å². The summed E-state index contributed by atoms with van der Waals surface area (Å²) in [5, 5.41) is 7.37. The van der Waals surface area contributed by atoms with E-state index in [-0.39, 0.29) is 5.82 Å². The van der Waals surface area contributed by atoms with E-state index in [0.717, 1.165) is 10.4 Å². The van der Waals surface area contributed by atoms with Crippen LogP contribution in [0.15, 0.2) is 30.5 Å². The topological polar surface area (TPSA) is 94.3 Å². The monoisotopic (exact) mass is 340 g/mol. The first-order chi connectivity index (χ1) is 11.7. The molecule has 4 rings (SSSR count). The lowest BCUT2D eigenvalue weighted by Crippen LogP contribution is -2.13. The van der Waals surface area contributed by atoms with Crippen LogP contribution in [0.4, 0.5) is 5.13 Å². The molecule has 9 heteroatoms. The number of benzene rings is 1. The number of methoxy groups -OCH3 is 1. The molecule has 0 radical (unpaired) electrons. The van der Waals surface area contributed by atoms with Crippen LogP contribution in [0.25, 0.3) is 16.0 Å². The van der Waals surface area contributed by atoms with E-state index in [9.17, 15) is 4.79 Å². The van der Waals surface area contributed by atoms with Crippen LogP contribution in [-0.2, 0) is 0 Å². The van der Waals surface area contributed by atoms with Crippen LogP contribution >= 0.6 is 11.3 Å². The number of amides is 1. The lowest BCUT2D eigenvalue weighted by atomic mass is 10.3. The molecule has 0 unspecified atom stereocenters. The van der Waals surface area contributed by atoms with E-state index in [1.807, 2.05) is 25.1 Å². The second-order valence-electron chi connectivity index (χ2n) is 5.01. The molecule has 0 fully saturated rings. The third-order valence-corrected chi connectivity index (χ3v) is 4.39. The molecule has 8 nitrogen and oxygen atoms in total. The van der Waals surface area contributed by atoms with Gasteiger partial charge in [-0.15, -0.1) is 5.10 Å². The van der Waals surface area contributed by atoms with Gasteiger partial charge in [0.05, 0.1) is 11.8 Å². The van der Waals surface area contributed by atoms with Gasteiger partial charge in [-0.25, -0.2) is 14.5 Å². The van der Waals surface area contributed by atoms with Gasteiger partial charge in [0.15, 0.2) is 5.13 Å². The van der Waals surface area contributed by atoms with Gasteiger partial charge in [-0.2, -0.15) is 4.98 Å². The summed E-state index contributed by atoms with van der Waals surface area (Å²) >= 11 is 1.36. The number of thiazole rings is 1. The third kappa shape index (κ3) is 2.35. The molecule has 0 spiro atoms. The van der Waals surface area contributed by atoms with Crippen molar-refractivity contribution in [2.45, 2.75) is 6.92 Å². The van der Waals surface area contributed by atoms with Crippen molar-refractivity contribution < 1.29 is 9.53 Å². The summed E-state index contributed by atoms with van der Waals surface area (Å²) in [6.45, 7) is 1.87. The molecule has 0 atom stereocenters. The van der Waals surface area contributed by atoms with E-state index < -0.39 is 5.91 Å². The molecule has 0 aliphatic carbocycles. The quantitative estimate of drug-likeness (QED) is 0.615. The Kier molecular flexibility index (Phi) is 3.35. The molecule has 0 saturated heterocycles. The number of nitrogens with one attached hydrogen (secondary N) is 1. The Morgan fingerprint density at radius 2 is 2.17 bits per heavy atom. The second kappa shape index (κ2) is 5.53. The fourth-order valence-electron chi connectivity index (χ4n) is 2.30. The minimum atomic E-state index is -0.432. The number of fused-ring (bicyclic) bond motifs is 2. The fraction of sp³-hybridized carbons (Fsp3) is 0.133. The Morgan fingerprint density at radius 3 is 2.96 bits per heavy atom.